The third kappa shape index (κ3) is 4.61. The van der Waals surface area contributed by atoms with Crippen LogP contribution in [0.4, 0.5) is 0 Å². The molecule has 0 unspecified atom stereocenters. The molecule has 1 fully saturated rings. The predicted molar refractivity (Wildman–Crippen MR) is 104 cm³/mol. The molecule has 8 heteroatoms. The highest BCUT2D eigenvalue weighted by Crippen LogP contribution is 2.29. The highest BCUT2D eigenvalue weighted by molar-refractivity contribution is 7.89. The maximum Gasteiger partial charge on any atom is 0.253 e. The van der Waals surface area contributed by atoms with Crippen molar-refractivity contribution in [3.8, 4) is 5.75 Å². The third-order valence-electron chi connectivity index (χ3n) is 4.31. The van der Waals surface area contributed by atoms with Gasteiger partial charge >= 0.3 is 0 Å². The van der Waals surface area contributed by atoms with Crippen molar-refractivity contribution < 1.29 is 17.9 Å². The number of rotatable bonds is 7. The minimum absolute atomic E-state index is 0.0334. The van der Waals surface area contributed by atoms with E-state index >= 15 is 0 Å². The van der Waals surface area contributed by atoms with E-state index < -0.39 is 10.0 Å². The van der Waals surface area contributed by atoms with E-state index in [0.29, 0.717) is 11.6 Å². The van der Waals surface area contributed by atoms with Gasteiger partial charge in [0.25, 0.3) is 5.91 Å². The molecule has 0 bridgehead atoms. The van der Waals surface area contributed by atoms with Crippen LogP contribution in [0, 0.1) is 0 Å². The van der Waals surface area contributed by atoms with Gasteiger partial charge < -0.3 is 9.64 Å². The molecule has 0 saturated heterocycles. The molecule has 2 aromatic carbocycles. The first kappa shape index (κ1) is 19.7. The molecule has 1 N–H and O–H groups in total. The smallest absolute Gasteiger partial charge is 0.253 e. The van der Waals surface area contributed by atoms with Crippen LogP contribution in [0.5, 0.6) is 5.75 Å². The van der Waals surface area contributed by atoms with Gasteiger partial charge in [0.2, 0.25) is 10.0 Å². The van der Waals surface area contributed by atoms with Crippen molar-refractivity contribution in [1.82, 2.24) is 9.62 Å². The maximum absolute atomic E-state index is 12.8. The van der Waals surface area contributed by atoms with Crippen molar-refractivity contribution in [3.05, 3.63) is 58.6 Å². The van der Waals surface area contributed by atoms with Gasteiger partial charge in [0.1, 0.15) is 10.6 Å². The molecule has 1 aliphatic rings. The zero-order valence-corrected chi connectivity index (χ0v) is 16.7. The molecule has 144 valence electrons. The quantitative estimate of drug-likeness (QED) is 0.763. The predicted octanol–water partition coefficient (Wildman–Crippen LogP) is 3.06. The number of sulfonamides is 1. The Bertz CT molecular complexity index is 958. The number of amides is 1. The fraction of sp³-hybridized carbons (Fsp3) is 0.316. The zero-order chi connectivity index (χ0) is 19.6. The normalized spacial score (nSPS) is 14.0. The lowest BCUT2D eigenvalue weighted by Crippen LogP contribution is -2.28. The molecule has 2 aromatic rings. The van der Waals surface area contributed by atoms with E-state index in [1.54, 1.807) is 19.2 Å². The molecule has 1 aliphatic carbocycles. The van der Waals surface area contributed by atoms with E-state index in [4.69, 9.17) is 16.3 Å². The lowest BCUT2D eigenvalue weighted by molar-refractivity contribution is 0.0785. The average Bonchev–Trinajstić information content (AvgIpc) is 3.45. The van der Waals surface area contributed by atoms with Crippen molar-refractivity contribution in [2.75, 3.05) is 14.2 Å². The number of halogens is 1. The summed E-state index contributed by atoms with van der Waals surface area (Å²) < 4.78 is 33.0. The topological polar surface area (TPSA) is 75.7 Å². The molecule has 1 amide bonds. The zero-order valence-electron chi connectivity index (χ0n) is 15.1. The van der Waals surface area contributed by atoms with Crippen LogP contribution in [0.1, 0.15) is 28.8 Å². The first-order valence-corrected chi connectivity index (χ1v) is 10.4. The van der Waals surface area contributed by atoms with E-state index in [-0.39, 0.29) is 28.2 Å². The molecule has 0 heterocycles. The molecule has 0 radical (unpaired) electrons. The first-order chi connectivity index (χ1) is 12.8. The molecule has 0 aliphatic heterocycles. The lowest BCUT2D eigenvalue weighted by Gasteiger charge is -2.19. The number of nitrogens with zero attached hydrogens (tertiary/aromatic N) is 1. The van der Waals surface area contributed by atoms with Crippen molar-refractivity contribution in [2.24, 2.45) is 0 Å². The van der Waals surface area contributed by atoms with Crippen molar-refractivity contribution in [1.29, 1.82) is 0 Å². The second kappa shape index (κ2) is 7.88. The second-order valence-corrected chi connectivity index (χ2v) is 8.60. The van der Waals surface area contributed by atoms with Gasteiger partial charge in [-0.2, -0.15) is 0 Å². The number of hydrogen-bond acceptors (Lipinski definition) is 4. The second-order valence-electron chi connectivity index (χ2n) is 6.51. The van der Waals surface area contributed by atoms with Crippen molar-refractivity contribution in [2.45, 2.75) is 30.3 Å². The number of hydrogen-bond donors (Lipinski definition) is 1. The van der Waals surface area contributed by atoms with Crippen LogP contribution in [0.3, 0.4) is 0 Å². The molecule has 0 atom stereocenters. The number of carbonyl (C=O) groups is 1. The van der Waals surface area contributed by atoms with Gasteiger partial charge in [0, 0.05) is 30.2 Å². The van der Waals surface area contributed by atoms with Crippen LogP contribution in [0.15, 0.2) is 47.4 Å². The van der Waals surface area contributed by atoms with Crippen LogP contribution in [-0.4, -0.2) is 39.4 Å². The van der Waals surface area contributed by atoms with Gasteiger partial charge in [0.15, 0.2) is 0 Å². The molecule has 0 spiro atoms. The summed E-state index contributed by atoms with van der Waals surface area (Å²) in [6, 6.07) is 11.6. The van der Waals surface area contributed by atoms with Crippen molar-refractivity contribution in [3.63, 3.8) is 0 Å². The van der Waals surface area contributed by atoms with Gasteiger partial charge in [-0.15, -0.1) is 0 Å². The third-order valence-corrected chi connectivity index (χ3v) is 6.22. The minimum Gasteiger partial charge on any atom is -0.495 e. The van der Waals surface area contributed by atoms with E-state index in [1.807, 2.05) is 18.2 Å². The summed E-state index contributed by atoms with van der Waals surface area (Å²) >= 11 is 6.16. The monoisotopic (exact) mass is 408 g/mol. The van der Waals surface area contributed by atoms with Gasteiger partial charge in [-0.05, 0) is 42.7 Å². The Morgan fingerprint density at radius 1 is 1.26 bits per heavy atom. The highest BCUT2D eigenvalue weighted by Gasteiger charge is 2.30. The Morgan fingerprint density at radius 3 is 2.59 bits per heavy atom. The largest absolute Gasteiger partial charge is 0.495 e. The molecular formula is C19H21ClN2O4S. The number of carbonyl (C=O) groups excluding carboxylic acids is 1. The maximum atomic E-state index is 12.8. The summed E-state index contributed by atoms with van der Waals surface area (Å²) in [5.74, 6) is -0.103. The van der Waals surface area contributed by atoms with E-state index in [2.05, 4.69) is 4.72 Å². The fourth-order valence-corrected chi connectivity index (χ4v) is 4.37. The summed E-state index contributed by atoms with van der Waals surface area (Å²) in [5, 5.41) is 0.573. The number of nitrogens with one attached hydrogen (secondary N) is 1. The Morgan fingerprint density at radius 2 is 1.96 bits per heavy atom. The molecule has 1 saturated carbocycles. The summed E-state index contributed by atoms with van der Waals surface area (Å²) in [4.78, 5) is 14.3. The minimum atomic E-state index is -3.75. The van der Waals surface area contributed by atoms with Crippen LogP contribution in [0.2, 0.25) is 5.02 Å². The number of benzene rings is 2. The highest BCUT2D eigenvalue weighted by atomic mass is 35.5. The summed E-state index contributed by atoms with van der Waals surface area (Å²) in [7, 11) is -0.709. The molecule has 3 rings (SSSR count). The van der Waals surface area contributed by atoms with E-state index in [0.717, 1.165) is 18.4 Å². The molecule has 6 nitrogen and oxygen atoms in total. The standard InChI is InChI=1S/C19H21ClN2O4S/c1-22(12-14-5-3-4-6-16(14)20)19(23)13-7-10-17(26-2)18(11-13)27(24,25)21-15-8-9-15/h3-7,10-11,15,21H,8-9,12H2,1-2H3. The molecular weight excluding hydrogens is 388 g/mol. The summed E-state index contributed by atoms with van der Waals surface area (Å²) in [6.45, 7) is 0.312. The van der Waals surface area contributed by atoms with Crippen LogP contribution in [-0.2, 0) is 16.6 Å². The molecule has 27 heavy (non-hydrogen) atoms. The number of ether oxygens (including phenoxy) is 1. The van der Waals surface area contributed by atoms with Gasteiger partial charge in [-0.3, -0.25) is 4.79 Å². The van der Waals surface area contributed by atoms with Crippen LogP contribution >= 0.6 is 11.6 Å². The fourth-order valence-electron chi connectivity index (χ4n) is 2.68. The SMILES string of the molecule is COc1ccc(C(=O)N(C)Cc2ccccc2Cl)cc1S(=O)(=O)NC1CC1. The Labute approximate surface area is 164 Å². The number of methoxy groups -OCH3 is 1. The van der Waals surface area contributed by atoms with Gasteiger partial charge in [0.05, 0.1) is 7.11 Å². The Balaban J connectivity index is 1.86. The summed E-state index contributed by atoms with van der Waals surface area (Å²) in [5.41, 5.74) is 1.08. The van der Waals surface area contributed by atoms with Gasteiger partial charge in [-0.1, -0.05) is 29.8 Å². The Kier molecular flexibility index (Phi) is 5.74. The Hall–Kier alpha value is -2.09. The summed E-state index contributed by atoms with van der Waals surface area (Å²) in [6.07, 6.45) is 1.64. The average molecular weight is 409 g/mol. The van der Waals surface area contributed by atoms with Gasteiger partial charge in [-0.25, -0.2) is 13.1 Å². The van der Waals surface area contributed by atoms with E-state index in [1.165, 1.54) is 24.1 Å². The van der Waals surface area contributed by atoms with Crippen LogP contribution < -0.4 is 9.46 Å². The molecule has 0 aromatic heterocycles. The first-order valence-electron chi connectivity index (χ1n) is 8.51. The van der Waals surface area contributed by atoms with Crippen LogP contribution in [0.25, 0.3) is 0 Å². The van der Waals surface area contributed by atoms with E-state index in [9.17, 15) is 13.2 Å². The lowest BCUT2D eigenvalue weighted by atomic mass is 10.1. The van der Waals surface area contributed by atoms with Crippen molar-refractivity contribution >= 4 is 27.5 Å².